The van der Waals surface area contributed by atoms with Gasteiger partial charge in [-0.25, -0.2) is 9.59 Å². The average Bonchev–Trinajstić information content (AvgIpc) is 2.72. The molecule has 0 bridgehead atoms. The maximum absolute atomic E-state index is 11.7. The van der Waals surface area contributed by atoms with Crippen molar-refractivity contribution in [2.24, 2.45) is 0 Å². The van der Waals surface area contributed by atoms with Gasteiger partial charge in [-0.05, 0) is 38.1 Å². The zero-order valence-corrected chi connectivity index (χ0v) is 17.4. The van der Waals surface area contributed by atoms with Crippen LogP contribution in [0.3, 0.4) is 0 Å². The van der Waals surface area contributed by atoms with Gasteiger partial charge in [0.2, 0.25) is 0 Å². The number of esters is 2. The van der Waals surface area contributed by atoms with Crippen molar-refractivity contribution in [3.05, 3.63) is 66.3 Å². The highest BCUT2D eigenvalue weighted by Crippen LogP contribution is 2.33. The summed E-state index contributed by atoms with van der Waals surface area (Å²) in [5.41, 5.74) is 1.32. The molecule has 0 amide bonds. The van der Waals surface area contributed by atoms with Crippen LogP contribution in [0.1, 0.15) is 19.4 Å². The number of methoxy groups -OCH3 is 2. The minimum absolute atomic E-state index is 0.166. The van der Waals surface area contributed by atoms with Crippen LogP contribution in [0.2, 0.25) is 0 Å². The van der Waals surface area contributed by atoms with E-state index in [1.807, 2.05) is 0 Å². The highest BCUT2D eigenvalue weighted by molar-refractivity contribution is 5.89. The standard InChI is InChI=1S/C23H24O7/c1-14(2)22(24)29-17-8-7-16(20(11-17)26-5)13-28-19-10-9-18(12-21(19)27-6)30-23(25)15(3)4/h7-12H,1,3,13H2,2,4-6H3. The normalized spacial score (nSPS) is 10.0. The first kappa shape index (κ1) is 22.5. The number of hydrogen-bond acceptors (Lipinski definition) is 7. The summed E-state index contributed by atoms with van der Waals surface area (Å²) in [4.78, 5) is 23.3. The Morgan fingerprint density at radius 3 is 1.77 bits per heavy atom. The second kappa shape index (κ2) is 10.2. The van der Waals surface area contributed by atoms with Gasteiger partial charge >= 0.3 is 11.9 Å². The molecule has 0 unspecified atom stereocenters. The molecule has 0 radical (unpaired) electrons. The lowest BCUT2D eigenvalue weighted by Crippen LogP contribution is -2.09. The molecule has 158 valence electrons. The van der Waals surface area contributed by atoms with E-state index in [9.17, 15) is 9.59 Å². The van der Waals surface area contributed by atoms with Crippen molar-refractivity contribution >= 4 is 11.9 Å². The van der Waals surface area contributed by atoms with Crippen LogP contribution in [0.15, 0.2) is 60.7 Å². The number of carbonyl (C=O) groups is 2. The number of hydrogen-bond donors (Lipinski definition) is 0. The first-order valence-electron chi connectivity index (χ1n) is 8.98. The third kappa shape index (κ3) is 5.88. The van der Waals surface area contributed by atoms with E-state index in [4.69, 9.17) is 23.7 Å². The largest absolute Gasteiger partial charge is 0.496 e. The Morgan fingerprint density at radius 2 is 1.27 bits per heavy atom. The molecule has 2 rings (SSSR count). The lowest BCUT2D eigenvalue weighted by Gasteiger charge is -2.14. The van der Waals surface area contributed by atoms with Gasteiger partial charge in [-0.3, -0.25) is 0 Å². The van der Waals surface area contributed by atoms with Gasteiger partial charge in [0, 0.05) is 28.8 Å². The van der Waals surface area contributed by atoms with Gasteiger partial charge < -0.3 is 23.7 Å². The van der Waals surface area contributed by atoms with Gasteiger partial charge in [-0.15, -0.1) is 0 Å². The Kier molecular flexibility index (Phi) is 7.63. The Balaban J connectivity index is 2.14. The minimum Gasteiger partial charge on any atom is -0.496 e. The maximum atomic E-state index is 11.7. The molecule has 30 heavy (non-hydrogen) atoms. The van der Waals surface area contributed by atoms with Crippen molar-refractivity contribution in [3.8, 4) is 28.7 Å². The van der Waals surface area contributed by atoms with E-state index in [-0.39, 0.29) is 6.61 Å². The van der Waals surface area contributed by atoms with Crippen LogP contribution in [0.5, 0.6) is 28.7 Å². The molecule has 2 aromatic carbocycles. The molecular formula is C23H24O7. The molecule has 2 aromatic rings. The minimum atomic E-state index is -0.525. The van der Waals surface area contributed by atoms with Crippen molar-refractivity contribution < 1.29 is 33.3 Å². The Bertz CT molecular complexity index is 896. The first-order valence-corrected chi connectivity index (χ1v) is 8.98. The molecule has 0 saturated carbocycles. The van der Waals surface area contributed by atoms with Gasteiger partial charge in [0.15, 0.2) is 11.5 Å². The van der Waals surface area contributed by atoms with Crippen LogP contribution in [0.4, 0.5) is 0 Å². The Hall–Kier alpha value is -3.74. The second-order valence-corrected chi connectivity index (χ2v) is 6.41. The molecule has 0 aliphatic carbocycles. The lowest BCUT2D eigenvalue weighted by atomic mass is 10.2. The van der Waals surface area contributed by atoms with Gasteiger partial charge in [-0.2, -0.15) is 0 Å². The van der Waals surface area contributed by atoms with Crippen molar-refractivity contribution in [3.63, 3.8) is 0 Å². The van der Waals surface area contributed by atoms with E-state index in [1.54, 1.807) is 50.2 Å². The molecule has 0 aliphatic heterocycles. The van der Waals surface area contributed by atoms with Crippen LogP contribution in [0, 0.1) is 0 Å². The van der Waals surface area contributed by atoms with Crippen LogP contribution in [-0.2, 0) is 16.2 Å². The summed E-state index contributed by atoms with van der Waals surface area (Å²) in [6.07, 6.45) is 0. The topological polar surface area (TPSA) is 80.3 Å². The average molecular weight is 412 g/mol. The lowest BCUT2D eigenvalue weighted by molar-refractivity contribution is -0.130. The number of carbonyl (C=O) groups excluding carboxylic acids is 2. The summed E-state index contributed by atoms with van der Waals surface area (Å²) in [6, 6.07) is 9.74. The molecule has 0 atom stereocenters. The molecule has 7 heteroatoms. The van der Waals surface area contributed by atoms with Crippen LogP contribution in [-0.4, -0.2) is 26.2 Å². The third-order valence-electron chi connectivity index (χ3n) is 3.89. The molecule has 0 spiro atoms. The smallest absolute Gasteiger partial charge is 0.338 e. The van der Waals surface area contributed by atoms with E-state index in [0.717, 1.165) is 5.56 Å². The summed E-state index contributed by atoms with van der Waals surface area (Å²) in [5, 5.41) is 0. The van der Waals surface area contributed by atoms with Gasteiger partial charge in [-0.1, -0.05) is 13.2 Å². The van der Waals surface area contributed by atoms with Crippen LogP contribution in [0.25, 0.3) is 0 Å². The molecule has 0 saturated heterocycles. The fourth-order valence-corrected chi connectivity index (χ4v) is 2.28. The highest BCUT2D eigenvalue weighted by Gasteiger charge is 2.13. The van der Waals surface area contributed by atoms with Crippen molar-refractivity contribution in [1.82, 2.24) is 0 Å². The van der Waals surface area contributed by atoms with Gasteiger partial charge in [0.05, 0.1) is 14.2 Å². The summed E-state index contributed by atoms with van der Waals surface area (Å²) in [7, 11) is 2.99. The predicted molar refractivity (Wildman–Crippen MR) is 111 cm³/mol. The van der Waals surface area contributed by atoms with Crippen molar-refractivity contribution in [2.45, 2.75) is 20.5 Å². The van der Waals surface area contributed by atoms with E-state index in [2.05, 4.69) is 13.2 Å². The third-order valence-corrected chi connectivity index (χ3v) is 3.89. The molecule has 0 fully saturated rings. The SMILES string of the molecule is C=C(C)C(=O)Oc1ccc(COc2ccc(OC(=O)C(=C)C)cc2OC)c(OC)c1. The first-order chi connectivity index (χ1) is 14.2. The highest BCUT2D eigenvalue weighted by atomic mass is 16.5. The zero-order chi connectivity index (χ0) is 22.3. The molecule has 0 N–H and O–H groups in total. The summed E-state index contributed by atoms with van der Waals surface area (Å²) in [5.74, 6) is 0.952. The maximum Gasteiger partial charge on any atom is 0.338 e. The van der Waals surface area contributed by atoms with E-state index in [0.29, 0.717) is 39.9 Å². The predicted octanol–water partition coefficient (Wildman–Crippen LogP) is 4.25. The number of benzene rings is 2. The Morgan fingerprint density at radius 1 is 0.767 bits per heavy atom. The second-order valence-electron chi connectivity index (χ2n) is 6.41. The van der Waals surface area contributed by atoms with E-state index >= 15 is 0 Å². The van der Waals surface area contributed by atoms with Gasteiger partial charge in [0.25, 0.3) is 0 Å². The molecular weight excluding hydrogens is 388 g/mol. The monoisotopic (exact) mass is 412 g/mol. The quantitative estimate of drug-likeness (QED) is 0.346. The van der Waals surface area contributed by atoms with Crippen molar-refractivity contribution in [2.75, 3.05) is 14.2 Å². The fourth-order valence-electron chi connectivity index (χ4n) is 2.28. The summed E-state index contributed by atoms with van der Waals surface area (Å²) >= 11 is 0. The Labute approximate surface area is 175 Å². The molecule has 0 aliphatic rings. The summed E-state index contributed by atoms with van der Waals surface area (Å²) < 4.78 is 26.9. The van der Waals surface area contributed by atoms with E-state index < -0.39 is 11.9 Å². The molecule has 7 nitrogen and oxygen atoms in total. The number of rotatable bonds is 9. The van der Waals surface area contributed by atoms with Crippen LogP contribution >= 0.6 is 0 Å². The number of ether oxygens (including phenoxy) is 5. The van der Waals surface area contributed by atoms with Crippen LogP contribution < -0.4 is 23.7 Å². The van der Waals surface area contributed by atoms with Crippen molar-refractivity contribution in [1.29, 1.82) is 0 Å². The molecule has 0 heterocycles. The van der Waals surface area contributed by atoms with Gasteiger partial charge in [0.1, 0.15) is 23.9 Å². The fraction of sp³-hybridized carbons (Fsp3) is 0.217. The van der Waals surface area contributed by atoms with E-state index in [1.165, 1.54) is 14.2 Å². The summed E-state index contributed by atoms with van der Waals surface area (Å²) in [6.45, 7) is 10.4. The zero-order valence-electron chi connectivity index (χ0n) is 17.4. The molecule has 0 aromatic heterocycles.